The Balaban J connectivity index is 1.86. The number of aryl methyl sites for hydroxylation is 2. The van der Waals surface area contributed by atoms with Crippen molar-refractivity contribution < 1.29 is 23.4 Å². The van der Waals surface area contributed by atoms with Gasteiger partial charge in [0.05, 0.1) is 12.0 Å². The molecule has 0 unspecified atom stereocenters. The van der Waals surface area contributed by atoms with E-state index in [1.165, 1.54) is 6.26 Å². The van der Waals surface area contributed by atoms with Gasteiger partial charge >= 0.3 is 5.97 Å². The van der Waals surface area contributed by atoms with Crippen molar-refractivity contribution >= 4 is 16.9 Å². The minimum absolute atomic E-state index is 0.103. The maximum Gasteiger partial charge on any atom is 0.347 e. The molecule has 0 fully saturated rings. The zero-order chi connectivity index (χ0) is 20.3. The molecule has 146 valence electrons. The molecular formula is C22H22O6. The summed E-state index contributed by atoms with van der Waals surface area (Å²) in [6, 6.07) is 10.5. The fourth-order valence-corrected chi connectivity index (χ4v) is 2.87. The second-order valence-electron chi connectivity index (χ2n) is 6.52. The molecule has 3 aromatic rings. The molecule has 6 heteroatoms. The van der Waals surface area contributed by atoms with Crippen LogP contribution >= 0.6 is 0 Å². The van der Waals surface area contributed by atoms with E-state index in [2.05, 4.69) is 0 Å². The molecule has 0 saturated carbocycles. The number of hydrogen-bond donors (Lipinski definition) is 0. The number of benzene rings is 2. The molecule has 28 heavy (non-hydrogen) atoms. The Labute approximate surface area is 162 Å². The Hall–Kier alpha value is -3.28. The highest BCUT2D eigenvalue weighted by Crippen LogP contribution is 2.25. The molecule has 0 amide bonds. The summed E-state index contributed by atoms with van der Waals surface area (Å²) in [6.45, 7) is 7.53. The van der Waals surface area contributed by atoms with Crippen LogP contribution in [0.3, 0.4) is 0 Å². The first-order valence-electron chi connectivity index (χ1n) is 9.02. The van der Waals surface area contributed by atoms with Gasteiger partial charge < -0.3 is 18.6 Å². The zero-order valence-electron chi connectivity index (χ0n) is 16.3. The molecule has 1 aromatic heterocycles. The van der Waals surface area contributed by atoms with Crippen molar-refractivity contribution in [2.75, 3.05) is 6.61 Å². The Kier molecular flexibility index (Phi) is 5.68. The van der Waals surface area contributed by atoms with E-state index in [4.69, 9.17) is 18.6 Å². The van der Waals surface area contributed by atoms with Gasteiger partial charge in [-0.1, -0.05) is 6.07 Å². The maximum atomic E-state index is 12.7. The molecule has 0 saturated heterocycles. The number of hydrogen-bond acceptors (Lipinski definition) is 6. The lowest BCUT2D eigenvalue weighted by molar-refractivity contribution is -0.150. The molecule has 0 spiro atoms. The van der Waals surface area contributed by atoms with Gasteiger partial charge in [-0.2, -0.15) is 0 Å². The highest BCUT2D eigenvalue weighted by Gasteiger charge is 2.17. The molecule has 6 nitrogen and oxygen atoms in total. The Bertz CT molecular complexity index is 1050. The predicted molar refractivity (Wildman–Crippen MR) is 105 cm³/mol. The van der Waals surface area contributed by atoms with Crippen LogP contribution in [0.25, 0.3) is 11.0 Å². The largest absolute Gasteiger partial charge is 0.479 e. The van der Waals surface area contributed by atoms with E-state index < -0.39 is 12.1 Å². The van der Waals surface area contributed by atoms with Crippen molar-refractivity contribution in [2.24, 2.45) is 0 Å². The summed E-state index contributed by atoms with van der Waals surface area (Å²) < 4.78 is 21.8. The lowest BCUT2D eigenvalue weighted by atomic mass is 10.1. The van der Waals surface area contributed by atoms with Crippen molar-refractivity contribution in [1.82, 2.24) is 0 Å². The van der Waals surface area contributed by atoms with Crippen LogP contribution in [-0.2, 0) is 9.53 Å². The molecule has 1 atom stereocenters. The lowest BCUT2D eigenvalue weighted by Crippen LogP contribution is -2.26. The molecule has 0 N–H and O–H groups in total. The highest BCUT2D eigenvalue weighted by atomic mass is 16.6. The van der Waals surface area contributed by atoms with Crippen LogP contribution < -0.4 is 14.9 Å². The van der Waals surface area contributed by atoms with Gasteiger partial charge in [-0.15, -0.1) is 0 Å². The topological polar surface area (TPSA) is 75.0 Å². The van der Waals surface area contributed by atoms with Gasteiger partial charge in [-0.05, 0) is 63.1 Å². The number of esters is 1. The first kappa shape index (κ1) is 19.5. The second-order valence-corrected chi connectivity index (χ2v) is 6.52. The van der Waals surface area contributed by atoms with Gasteiger partial charge in [0, 0.05) is 6.07 Å². The SMILES string of the molecule is CCOC(=O)[C@@H](C)Oc1ccc2c(=O)c(Oc3cc(C)cc(C)c3)coc2c1. The molecule has 2 aromatic carbocycles. The van der Waals surface area contributed by atoms with Crippen LogP contribution in [0.1, 0.15) is 25.0 Å². The van der Waals surface area contributed by atoms with E-state index in [1.807, 2.05) is 32.0 Å². The first-order valence-corrected chi connectivity index (χ1v) is 9.02. The minimum atomic E-state index is -0.767. The minimum Gasteiger partial charge on any atom is -0.479 e. The standard InChI is InChI=1S/C22H22O6/c1-5-25-22(24)15(4)27-16-6-7-18-19(11-16)26-12-20(21(18)23)28-17-9-13(2)8-14(3)10-17/h6-12,15H,5H2,1-4H3/t15-/m1/s1. The van der Waals surface area contributed by atoms with Crippen LogP contribution in [0.15, 0.2) is 51.9 Å². The van der Waals surface area contributed by atoms with Crippen LogP contribution in [0, 0.1) is 13.8 Å². The van der Waals surface area contributed by atoms with E-state index >= 15 is 0 Å². The second kappa shape index (κ2) is 8.17. The summed E-state index contributed by atoms with van der Waals surface area (Å²) in [5, 5.41) is 0.359. The van der Waals surface area contributed by atoms with Crippen molar-refractivity contribution in [2.45, 2.75) is 33.8 Å². The van der Waals surface area contributed by atoms with E-state index in [1.54, 1.807) is 32.0 Å². The van der Waals surface area contributed by atoms with Crippen LogP contribution in [0.5, 0.6) is 17.2 Å². The smallest absolute Gasteiger partial charge is 0.347 e. The molecule has 0 radical (unpaired) electrons. The number of fused-ring (bicyclic) bond motifs is 1. The Morgan fingerprint density at radius 2 is 1.79 bits per heavy atom. The number of carbonyl (C=O) groups is 1. The summed E-state index contributed by atoms with van der Waals surface area (Å²) >= 11 is 0. The summed E-state index contributed by atoms with van der Waals surface area (Å²) in [4.78, 5) is 24.4. The fourth-order valence-electron chi connectivity index (χ4n) is 2.87. The third-order valence-corrected chi connectivity index (χ3v) is 4.07. The molecule has 3 rings (SSSR count). The summed E-state index contributed by atoms with van der Waals surface area (Å²) in [5.74, 6) is 0.624. The molecule has 0 aliphatic carbocycles. The number of ether oxygens (including phenoxy) is 3. The van der Waals surface area contributed by atoms with E-state index in [0.29, 0.717) is 22.5 Å². The third-order valence-electron chi connectivity index (χ3n) is 4.07. The zero-order valence-corrected chi connectivity index (χ0v) is 16.3. The molecule has 0 aliphatic heterocycles. The number of carbonyl (C=O) groups excluding carboxylic acids is 1. The van der Waals surface area contributed by atoms with Crippen molar-refractivity contribution in [3.05, 3.63) is 64.0 Å². The molecular weight excluding hydrogens is 360 g/mol. The molecule has 0 aliphatic rings. The van der Waals surface area contributed by atoms with Gasteiger partial charge in [0.1, 0.15) is 23.3 Å². The maximum absolute atomic E-state index is 12.7. The van der Waals surface area contributed by atoms with Gasteiger partial charge in [0.15, 0.2) is 6.10 Å². The quantitative estimate of drug-likeness (QED) is 0.583. The van der Waals surface area contributed by atoms with Crippen LogP contribution in [-0.4, -0.2) is 18.7 Å². The molecule has 0 bridgehead atoms. The van der Waals surface area contributed by atoms with Gasteiger partial charge in [0.25, 0.3) is 0 Å². The van der Waals surface area contributed by atoms with Crippen LogP contribution in [0.2, 0.25) is 0 Å². The van der Waals surface area contributed by atoms with Crippen molar-refractivity contribution in [1.29, 1.82) is 0 Å². The van der Waals surface area contributed by atoms with Gasteiger partial charge in [-0.25, -0.2) is 4.79 Å². The number of rotatable bonds is 6. The van der Waals surface area contributed by atoms with Crippen molar-refractivity contribution in [3.8, 4) is 17.2 Å². The normalized spacial score (nSPS) is 11.9. The van der Waals surface area contributed by atoms with E-state index in [0.717, 1.165) is 11.1 Å². The van der Waals surface area contributed by atoms with E-state index in [9.17, 15) is 9.59 Å². The third kappa shape index (κ3) is 4.34. The van der Waals surface area contributed by atoms with E-state index in [-0.39, 0.29) is 17.8 Å². The Morgan fingerprint density at radius 1 is 1.07 bits per heavy atom. The average Bonchev–Trinajstić information content (AvgIpc) is 2.63. The average molecular weight is 382 g/mol. The monoisotopic (exact) mass is 382 g/mol. The lowest BCUT2D eigenvalue weighted by Gasteiger charge is -2.13. The summed E-state index contributed by atoms with van der Waals surface area (Å²) in [5.41, 5.74) is 2.13. The van der Waals surface area contributed by atoms with Gasteiger partial charge in [0.2, 0.25) is 11.2 Å². The summed E-state index contributed by atoms with van der Waals surface area (Å²) in [6.07, 6.45) is 0.511. The van der Waals surface area contributed by atoms with Crippen molar-refractivity contribution in [3.63, 3.8) is 0 Å². The fraction of sp³-hybridized carbons (Fsp3) is 0.273. The summed E-state index contributed by atoms with van der Waals surface area (Å²) in [7, 11) is 0. The Morgan fingerprint density at radius 3 is 2.46 bits per heavy atom. The predicted octanol–water partition coefficient (Wildman–Crippen LogP) is 4.53. The van der Waals surface area contributed by atoms with Crippen LogP contribution in [0.4, 0.5) is 0 Å². The molecule has 1 heterocycles. The highest BCUT2D eigenvalue weighted by molar-refractivity contribution is 5.79. The first-order chi connectivity index (χ1) is 13.4. The van der Waals surface area contributed by atoms with Gasteiger partial charge in [-0.3, -0.25) is 4.79 Å².